The van der Waals surface area contributed by atoms with Crippen molar-refractivity contribution in [3.05, 3.63) is 53.9 Å². The lowest BCUT2D eigenvalue weighted by molar-refractivity contribution is -0.121. The van der Waals surface area contributed by atoms with Gasteiger partial charge < -0.3 is 19.4 Å². The Balaban J connectivity index is 1.35. The van der Waals surface area contributed by atoms with Gasteiger partial charge in [-0.2, -0.15) is 0 Å². The molecule has 0 unspecified atom stereocenters. The fourth-order valence-corrected chi connectivity index (χ4v) is 3.23. The summed E-state index contributed by atoms with van der Waals surface area (Å²) in [4.78, 5) is 16.9. The zero-order valence-corrected chi connectivity index (χ0v) is 14.7. The zero-order valence-electron chi connectivity index (χ0n) is 14.7. The number of ether oxygens (including phenoxy) is 2. The Hall–Kier alpha value is -3.02. The van der Waals surface area contributed by atoms with E-state index in [-0.39, 0.29) is 12.7 Å². The lowest BCUT2D eigenvalue weighted by Gasteiger charge is -2.08. The van der Waals surface area contributed by atoms with Gasteiger partial charge >= 0.3 is 0 Å². The highest BCUT2D eigenvalue weighted by Gasteiger charge is 2.14. The van der Waals surface area contributed by atoms with Crippen molar-refractivity contribution in [1.29, 1.82) is 0 Å². The Morgan fingerprint density at radius 2 is 2.04 bits per heavy atom. The minimum atomic E-state index is 0.0115. The van der Waals surface area contributed by atoms with Gasteiger partial charge in [-0.3, -0.25) is 4.79 Å². The highest BCUT2D eigenvalue weighted by molar-refractivity contribution is 5.77. The van der Waals surface area contributed by atoms with Crippen molar-refractivity contribution in [2.75, 3.05) is 6.79 Å². The SMILES string of the molecule is CCn1c(CNC(=O)CCc2ccc3c(c2)OCO3)nc2ccccc21. The number of hydrogen-bond donors (Lipinski definition) is 1. The minimum Gasteiger partial charge on any atom is -0.454 e. The molecule has 2 heterocycles. The third-order valence-corrected chi connectivity index (χ3v) is 4.57. The summed E-state index contributed by atoms with van der Waals surface area (Å²) in [6.07, 6.45) is 1.08. The summed E-state index contributed by atoms with van der Waals surface area (Å²) in [5.74, 6) is 2.40. The topological polar surface area (TPSA) is 65.4 Å². The lowest BCUT2D eigenvalue weighted by atomic mass is 10.1. The Morgan fingerprint density at radius 1 is 1.19 bits per heavy atom. The second-order valence-corrected chi connectivity index (χ2v) is 6.23. The molecule has 3 aromatic rings. The molecule has 1 aliphatic rings. The molecule has 0 spiro atoms. The van der Waals surface area contributed by atoms with Gasteiger partial charge in [0.15, 0.2) is 11.5 Å². The molecule has 4 rings (SSSR count). The standard InChI is InChI=1S/C20H21N3O3/c1-2-23-16-6-4-3-5-15(16)22-19(23)12-21-20(24)10-8-14-7-9-17-18(11-14)26-13-25-17/h3-7,9,11H,2,8,10,12-13H2,1H3,(H,21,24). The van der Waals surface area contributed by atoms with Gasteiger partial charge in [0.05, 0.1) is 17.6 Å². The van der Waals surface area contributed by atoms with Crippen LogP contribution in [0.15, 0.2) is 42.5 Å². The van der Waals surface area contributed by atoms with Gasteiger partial charge in [-0.15, -0.1) is 0 Å². The van der Waals surface area contributed by atoms with E-state index in [0.717, 1.165) is 40.5 Å². The lowest BCUT2D eigenvalue weighted by Crippen LogP contribution is -2.24. The van der Waals surface area contributed by atoms with E-state index in [1.807, 2.05) is 36.4 Å². The van der Waals surface area contributed by atoms with Crippen LogP contribution in [0.25, 0.3) is 11.0 Å². The second-order valence-electron chi connectivity index (χ2n) is 6.23. The number of fused-ring (bicyclic) bond motifs is 2. The van der Waals surface area contributed by atoms with Crippen molar-refractivity contribution in [2.24, 2.45) is 0 Å². The monoisotopic (exact) mass is 351 g/mol. The second kappa shape index (κ2) is 7.07. The summed E-state index contributed by atoms with van der Waals surface area (Å²) < 4.78 is 12.8. The van der Waals surface area contributed by atoms with Crippen molar-refractivity contribution in [2.45, 2.75) is 32.9 Å². The molecule has 26 heavy (non-hydrogen) atoms. The fraction of sp³-hybridized carbons (Fsp3) is 0.300. The number of benzene rings is 2. The van der Waals surface area contributed by atoms with Gasteiger partial charge in [-0.1, -0.05) is 18.2 Å². The maximum atomic E-state index is 12.2. The molecule has 1 aliphatic heterocycles. The van der Waals surface area contributed by atoms with Gasteiger partial charge in [-0.25, -0.2) is 4.98 Å². The van der Waals surface area contributed by atoms with Crippen LogP contribution in [-0.4, -0.2) is 22.3 Å². The summed E-state index contributed by atoms with van der Waals surface area (Å²) in [6.45, 7) is 3.60. The summed E-state index contributed by atoms with van der Waals surface area (Å²) in [7, 11) is 0. The summed E-state index contributed by atoms with van der Waals surface area (Å²) in [5.41, 5.74) is 3.11. The molecule has 6 heteroatoms. The van der Waals surface area contributed by atoms with E-state index in [2.05, 4.69) is 27.9 Å². The molecule has 0 aliphatic carbocycles. The van der Waals surface area contributed by atoms with Crippen LogP contribution in [0.1, 0.15) is 24.7 Å². The number of nitrogens with zero attached hydrogens (tertiary/aromatic N) is 2. The molecule has 0 saturated heterocycles. The highest BCUT2D eigenvalue weighted by Crippen LogP contribution is 2.32. The number of hydrogen-bond acceptors (Lipinski definition) is 4. The predicted octanol–water partition coefficient (Wildman–Crippen LogP) is 3.03. The van der Waals surface area contributed by atoms with E-state index < -0.39 is 0 Å². The fourth-order valence-electron chi connectivity index (χ4n) is 3.23. The smallest absolute Gasteiger partial charge is 0.231 e. The maximum Gasteiger partial charge on any atom is 0.231 e. The first kappa shape index (κ1) is 16.4. The molecule has 0 atom stereocenters. The van der Waals surface area contributed by atoms with Gasteiger partial charge in [0.25, 0.3) is 0 Å². The number of para-hydroxylation sites is 2. The Labute approximate surface area is 151 Å². The van der Waals surface area contributed by atoms with Gasteiger partial charge in [0, 0.05) is 13.0 Å². The number of aryl methyl sites for hydroxylation is 2. The van der Waals surface area contributed by atoms with Gasteiger partial charge in [0.1, 0.15) is 5.82 Å². The quantitative estimate of drug-likeness (QED) is 0.741. The van der Waals surface area contributed by atoms with Crippen molar-refractivity contribution in [3.63, 3.8) is 0 Å². The molecule has 1 aromatic heterocycles. The van der Waals surface area contributed by atoms with Crippen LogP contribution in [0.3, 0.4) is 0 Å². The van der Waals surface area contributed by atoms with Crippen molar-refractivity contribution >= 4 is 16.9 Å². The molecular weight excluding hydrogens is 330 g/mol. The predicted molar refractivity (Wildman–Crippen MR) is 98.1 cm³/mol. The van der Waals surface area contributed by atoms with Crippen LogP contribution >= 0.6 is 0 Å². The zero-order chi connectivity index (χ0) is 17.9. The number of nitrogens with one attached hydrogen (secondary N) is 1. The number of aromatic nitrogens is 2. The van der Waals surface area contributed by atoms with Crippen molar-refractivity contribution < 1.29 is 14.3 Å². The van der Waals surface area contributed by atoms with Crippen LogP contribution in [0.2, 0.25) is 0 Å². The average molecular weight is 351 g/mol. The Kier molecular flexibility index (Phi) is 4.48. The first-order chi connectivity index (χ1) is 12.7. The average Bonchev–Trinajstić information content (AvgIpc) is 3.27. The van der Waals surface area contributed by atoms with Gasteiger partial charge in [-0.05, 0) is 43.2 Å². The molecule has 0 fully saturated rings. The normalized spacial score (nSPS) is 12.5. The molecule has 1 N–H and O–H groups in total. The van der Waals surface area contributed by atoms with Crippen LogP contribution in [0.5, 0.6) is 11.5 Å². The van der Waals surface area contributed by atoms with E-state index in [1.54, 1.807) is 0 Å². The van der Waals surface area contributed by atoms with Crippen LogP contribution in [-0.2, 0) is 24.3 Å². The highest BCUT2D eigenvalue weighted by atomic mass is 16.7. The summed E-state index contributed by atoms with van der Waals surface area (Å²) >= 11 is 0. The molecule has 134 valence electrons. The van der Waals surface area contributed by atoms with Crippen molar-refractivity contribution in [3.8, 4) is 11.5 Å². The first-order valence-electron chi connectivity index (χ1n) is 8.84. The number of amides is 1. The minimum absolute atomic E-state index is 0.0115. The third kappa shape index (κ3) is 3.22. The molecule has 0 saturated carbocycles. The van der Waals surface area contributed by atoms with E-state index in [0.29, 0.717) is 19.4 Å². The number of carbonyl (C=O) groups excluding carboxylic acids is 1. The van der Waals surface area contributed by atoms with Crippen molar-refractivity contribution in [1.82, 2.24) is 14.9 Å². The Bertz CT molecular complexity index is 949. The molecule has 0 bridgehead atoms. The van der Waals surface area contributed by atoms with Crippen LogP contribution in [0.4, 0.5) is 0 Å². The first-order valence-corrected chi connectivity index (χ1v) is 8.84. The molecule has 2 aromatic carbocycles. The van der Waals surface area contributed by atoms with E-state index in [1.165, 1.54) is 0 Å². The van der Waals surface area contributed by atoms with E-state index >= 15 is 0 Å². The van der Waals surface area contributed by atoms with Gasteiger partial charge in [0.2, 0.25) is 12.7 Å². The number of carbonyl (C=O) groups is 1. The Morgan fingerprint density at radius 3 is 2.92 bits per heavy atom. The number of imidazole rings is 1. The summed E-state index contributed by atoms with van der Waals surface area (Å²) in [6, 6.07) is 13.8. The van der Waals surface area contributed by atoms with E-state index in [4.69, 9.17) is 9.47 Å². The number of rotatable bonds is 6. The maximum absolute atomic E-state index is 12.2. The van der Waals surface area contributed by atoms with Crippen LogP contribution < -0.4 is 14.8 Å². The van der Waals surface area contributed by atoms with Crippen LogP contribution in [0, 0.1) is 0 Å². The summed E-state index contributed by atoms with van der Waals surface area (Å²) in [5, 5.41) is 2.98. The molecular formula is C20H21N3O3. The molecule has 1 amide bonds. The molecule has 0 radical (unpaired) electrons. The van der Waals surface area contributed by atoms with E-state index in [9.17, 15) is 4.79 Å². The largest absolute Gasteiger partial charge is 0.454 e. The third-order valence-electron chi connectivity index (χ3n) is 4.57. The molecule has 6 nitrogen and oxygen atoms in total.